The fraction of sp³-hybridized carbons (Fsp3) is 0.282. The van der Waals surface area contributed by atoms with Crippen LogP contribution in [0.15, 0.2) is 285 Å². The largest absolute Gasteiger partial charge is 0.226 e. The summed E-state index contributed by atoms with van der Waals surface area (Å²) in [6.45, 7) is 58.6. The van der Waals surface area contributed by atoms with Gasteiger partial charge in [-0.2, -0.15) is 181 Å². The molecule has 0 fully saturated rings. The first kappa shape index (κ1) is 144. The van der Waals surface area contributed by atoms with E-state index >= 15 is 0 Å². The van der Waals surface area contributed by atoms with E-state index in [1.165, 1.54) is 54.9 Å². The molecule has 581 valence electrons. The molecule has 0 aliphatic carbocycles. The molecule has 0 N–H and O–H groups in total. The van der Waals surface area contributed by atoms with Crippen LogP contribution >= 0.6 is 0 Å². The van der Waals surface area contributed by atoms with E-state index in [-0.39, 0.29) is 294 Å². The minimum absolute atomic E-state index is 0. The fourth-order valence-corrected chi connectivity index (χ4v) is 8.42. The van der Waals surface area contributed by atoms with Crippen molar-refractivity contribution in [3.8, 4) is 44.5 Å². The summed E-state index contributed by atoms with van der Waals surface area (Å²) in [6, 6.07) is 122. The summed E-state index contributed by atoms with van der Waals surface area (Å²) in [4.78, 5) is 0. The summed E-state index contributed by atoms with van der Waals surface area (Å²) >= 11 is 0. The summed E-state index contributed by atoms with van der Waals surface area (Å²) in [7, 11) is 0. The van der Waals surface area contributed by atoms with Crippen molar-refractivity contribution in [2.75, 3.05) is 0 Å². The number of rotatable bonds is 4. The van der Waals surface area contributed by atoms with E-state index in [0.717, 1.165) is 50.1 Å². The van der Waals surface area contributed by atoms with Crippen LogP contribution in [0.1, 0.15) is 191 Å². The number of aryl methyl sites for hydroxylation is 7. The summed E-state index contributed by atoms with van der Waals surface area (Å²) in [6.07, 6.45) is 0. The molecule has 0 heterocycles. The zero-order chi connectivity index (χ0) is 78.9. The first-order chi connectivity index (χ1) is 50.6. The second-order valence-corrected chi connectivity index (χ2v) is 19.4. The zero-order valence-electron chi connectivity index (χ0n) is 74.8. The molecule has 13 aromatic rings. The van der Waals surface area contributed by atoms with E-state index in [9.17, 15) is 0 Å². The molecule has 0 aromatic heterocycles. The second kappa shape index (κ2) is 107. The van der Waals surface area contributed by atoms with Crippen molar-refractivity contribution in [3.63, 3.8) is 0 Å². The molecule has 0 unspecified atom stereocenters. The first-order valence-corrected chi connectivity index (χ1v) is 38.3. The van der Waals surface area contributed by atoms with Crippen LogP contribution < -0.4 is 0 Å². The maximum Gasteiger partial charge on any atom is 0 e. The van der Waals surface area contributed by atoms with Crippen LogP contribution in [0.4, 0.5) is 0 Å². The molecule has 13 aromatic carbocycles. The van der Waals surface area contributed by atoms with Gasteiger partial charge in [-0.15, -0.1) is 59.2 Å². The Labute approximate surface area is 918 Å². The van der Waals surface area contributed by atoms with Gasteiger partial charge < -0.3 is 0 Å². The van der Waals surface area contributed by atoms with Gasteiger partial charge in [-0.3, -0.25) is 0 Å². The fourth-order valence-electron chi connectivity index (χ4n) is 8.42. The number of fused-ring (bicyclic) bond motifs is 2. The van der Waals surface area contributed by atoms with Gasteiger partial charge in [0, 0.05) is 294 Å². The van der Waals surface area contributed by atoms with Gasteiger partial charge in [0.15, 0.2) is 0 Å². The third-order valence-corrected chi connectivity index (χ3v) is 12.8. The Hall–Kier alpha value is 0.315. The first-order valence-electron chi connectivity index (χ1n) is 38.3. The Morgan fingerprint density at radius 2 is 0.536 bits per heavy atom. The number of benzene rings is 13. The zero-order valence-corrected chi connectivity index (χ0v) is 100. The van der Waals surface area contributed by atoms with Crippen LogP contribution in [0, 0.1) is 97.0 Å². The Morgan fingerprint density at radius 1 is 0.188 bits per heavy atom. The van der Waals surface area contributed by atoms with Gasteiger partial charge in [0.1, 0.15) is 0 Å². The summed E-state index contributed by atoms with van der Waals surface area (Å²) in [5.41, 5.74) is 17.8. The van der Waals surface area contributed by atoms with Crippen LogP contribution in [0.25, 0.3) is 66.1 Å². The van der Waals surface area contributed by atoms with Crippen LogP contribution in [0.3, 0.4) is 0 Å². The Bertz CT molecular complexity index is 3800. The van der Waals surface area contributed by atoms with Gasteiger partial charge in [0.2, 0.25) is 0 Å². The van der Waals surface area contributed by atoms with Crippen molar-refractivity contribution < 1.29 is 294 Å². The third kappa shape index (κ3) is 68.9. The Morgan fingerprint density at radius 3 is 0.946 bits per heavy atom. The van der Waals surface area contributed by atoms with Gasteiger partial charge in [0.05, 0.1) is 0 Å². The van der Waals surface area contributed by atoms with Crippen LogP contribution in [0.2, 0.25) is 0 Å². The molecule has 0 spiro atoms. The molecular weight excluding hydrogens is 2040 g/mol. The van der Waals surface area contributed by atoms with E-state index in [1.807, 2.05) is 311 Å². The molecule has 0 amide bonds. The van der Waals surface area contributed by atoms with Crippen LogP contribution in [-0.2, 0) is 294 Å². The minimum atomic E-state index is 0. The normalized spacial score (nSPS) is 7.76. The van der Waals surface area contributed by atoms with Crippen molar-refractivity contribution in [1.29, 1.82) is 0 Å². The standard InChI is InChI=1S/4C13H10.2C11H10.C7H8.11C2H6.9Y/c1-11-7-5-6-10-13(11)12-8-3-2-4-9-12;2*1-11-6-5-9-13(10-11)12-7-3-2-4-8-12;1-11-7-9-13(10-8-11)12-5-3-2-4-6-12;1-9-5-4-7-10-6-2-3-8-11(9)10;1-9-6-7-10-4-2-3-5-11(10)8-9;1-7-5-3-2-4-6-7;11*1-2;;;;;;;;;/h2-8H,1H3;2-7,10H,1H3;2-7,9H,1H3;2-5,7-9H,1H3;2*2-8H,1H3;2-6H,1H3;11*1-2H3;;;;;;;;;/q4*-2;;;;;;;;;;;;;;;;;;;;;;;. The SMILES string of the molecule is CC.CC.CC.CC.CC.CC.CC.CC.CC.CC.CC.Cc1[c-]c(-c2[c-]cccc2)ccc1.Cc1c[c-]c(-c2[c-]cccc2)cc1.Cc1cc[c-]c(-c2[c-]cccc2)c1.Cc1ccc2ccccc2c1.Cc1ccc[c-]c1-c1[c-]cccc1.Cc1cccc2ccccc12.Cc1ccccc1.[Y].[Y].[Y].[Y].[Y].[Y].[Y].[Y].[Y]. The predicted octanol–water partition coefficient (Wildman–Crippen LogP) is 32.6. The van der Waals surface area contributed by atoms with Crippen LogP contribution in [0.5, 0.6) is 0 Å². The molecule has 0 saturated carbocycles. The molecular formula is C103H134Y9-8. The molecule has 112 heavy (non-hydrogen) atoms. The smallest absolute Gasteiger partial charge is 0 e. The molecule has 0 bridgehead atoms. The molecule has 0 atom stereocenters. The van der Waals surface area contributed by atoms with E-state index in [0.29, 0.717) is 0 Å². The average molecular weight is 2170 g/mol. The van der Waals surface area contributed by atoms with Crippen molar-refractivity contribution >= 4 is 21.5 Å². The predicted molar refractivity (Wildman–Crippen MR) is 471 cm³/mol. The monoisotopic (exact) mass is 2170 g/mol. The van der Waals surface area contributed by atoms with Gasteiger partial charge in [0.25, 0.3) is 0 Å². The Balaban J connectivity index is -0.0000000792. The molecule has 0 aliphatic heterocycles. The van der Waals surface area contributed by atoms with E-state index < -0.39 is 0 Å². The number of hydrogen-bond donors (Lipinski definition) is 0. The maximum absolute atomic E-state index is 3.29. The van der Waals surface area contributed by atoms with Gasteiger partial charge >= 0.3 is 0 Å². The van der Waals surface area contributed by atoms with Crippen molar-refractivity contribution in [2.45, 2.75) is 201 Å². The second-order valence-electron chi connectivity index (χ2n) is 19.4. The topological polar surface area (TPSA) is 0 Å². The molecule has 9 heteroatoms. The summed E-state index contributed by atoms with van der Waals surface area (Å²) < 4.78 is 0. The van der Waals surface area contributed by atoms with E-state index in [1.54, 1.807) is 0 Å². The van der Waals surface area contributed by atoms with Gasteiger partial charge in [-0.25, -0.2) is 44.5 Å². The summed E-state index contributed by atoms with van der Waals surface area (Å²) in [5, 5.41) is 5.33. The average Bonchev–Trinajstić information content (AvgIpc) is 0.853. The molecule has 9 radical (unpaired) electrons. The van der Waals surface area contributed by atoms with Gasteiger partial charge in [-0.05, 0) is 47.9 Å². The third-order valence-electron chi connectivity index (χ3n) is 12.8. The molecule has 0 saturated heterocycles. The summed E-state index contributed by atoms with van der Waals surface area (Å²) in [5.74, 6) is 0. The maximum atomic E-state index is 3.29. The quantitative estimate of drug-likeness (QED) is 0.154. The van der Waals surface area contributed by atoms with Gasteiger partial charge in [-0.1, -0.05) is 306 Å². The van der Waals surface area contributed by atoms with Crippen LogP contribution in [-0.4, -0.2) is 0 Å². The van der Waals surface area contributed by atoms with E-state index in [2.05, 4.69) is 224 Å². The minimum Gasteiger partial charge on any atom is -0.226 e. The molecule has 0 nitrogen and oxygen atoms in total. The van der Waals surface area contributed by atoms with Crippen molar-refractivity contribution in [1.82, 2.24) is 0 Å². The van der Waals surface area contributed by atoms with Crippen molar-refractivity contribution in [2.24, 2.45) is 0 Å². The van der Waals surface area contributed by atoms with E-state index in [4.69, 9.17) is 0 Å². The molecule has 13 rings (SSSR count). The van der Waals surface area contributed by atoms with Crippen molar-refractivity contribution in [3.05, 3.63) is 373 Å². The number of hydrogen-bond acceptors (Lipinski definition) is 0. The Kier molecular flexibility index (Phi) is 138. The molecule has 0 aliphatic rings.